The van der Waals surface area contributed by atoms with Crippen LogP contribution in [-0.2, 0) is 25.7 Å². The zero-order valence-corrected chi connectivity index (χ0v) is 26.7. The van der Waals surface area contributed by atoms with Crippen LogP contribution in [0.4, 0.5) is 23.2 Å². The van der Waals surface area contributed by atoms with Gasteiger partial charge in [0.05, 0.1) is 30.9 Å². The van der Waals surface area contributed by atoms with E-state index in [9.17, 15) is 22.8 Å². The van der Waals surface area contributed by atoms with Crippen molar-refractivity contribution in [1.82, 2.24) is 24.3 Å². The summed E-state index contributed by atoms with van der Waals surface area (Å²) in [6.45, 7) is 2.19. The predicted molar refractivity (Wildman–Crippen MR) is 175 cm³/mol. The summed E-state index contributed by atoms with van der Waals surface area (Å²) in [6.07, 6.45) is -2.66. The third-order valence-electron chi connectivity index (χ3n) is 9.07. The summed E-state index contributed by atoms with van der Waals surface area (Å²) in [6, 6.07) is 20.5. The average Bonchev–Trinajstić information content (AvgIpc) is 3.64. The molecule has 5 aromatic rings. The van der Waals surface area contributed by atoms with Gasteiger partial charge in [0.2, 0.25) is 0 Å². The van der Waals surface area contributed by atoms with Gasteiger partial charge in [-0.15, -0.1) is 0 Å². The quantitative estimate of drug-likeness (QED) is 0.212. The Morgan fingerprint density at radius 2 is 1.57 bits per heavy atom. The standard InChI is InChI=1S/C35H35F4N7O3/c1-23-32(44-17-15-43(16-18-44)31(30-20-41-49-42-30)19-24-9-4-2-5-10-24)33(47)46(22-29(40)25-11-6-3-7-12-25)34(48)45(23)21-26-27(35(37,38)39)13-8-14-28(26)36/h2-14,20,29,31H,15-19,21-22,40H2,1H3/t29-,31?/m1/s1. The van der Waals surface area contributed by atoms with Gasteiger partial charge >= 0.3 is 11.9 Å². The molecule has 2 aromatic heterocycles. The summed E-state index contributed by atoms with van der Waals surface area (Å²) < 4.78 is 63.9. The first-order chi connectivity index (χ1) is 23.5. The summed E-state index contributed by atoms with van der Waals surface area (Å²) in [5.74, 6) is -1.11. The van der Waals surface area contributed by atoms with Gasteiger partial charge in [-0.2, -0.15) is 13.2 Å². The van der Waals surface area contributed by atoms with E-state index in [4.69, 9.17) is 10.4 Å². The number of aromatic nitrogens is 4. The highest BCUT2D eigenvalue weighted by molar-refractivity contribution is 5.50. The van der Waals surface area contributed by atoms with Gasteiger partial charge in [-0.05, 0) is 36.6 Å². The van der Waals surface area contributed by atoms with Gasteiger partial charge in [0.25, 0.3) is 5.56 Å². The Balaban J connectivity index is 1.37. The van der Waals surface area contributed by atoms with Crippen molar-refractivity contribution in [3.05, 3.63) is 145 Å². The van der Waals surface area contributed by atoms with Gasteiger partial charge in [-0.1, -0.05) is 77.0 Å². The van der Waals surface area contributed by atoms with Gasteiger partial charge in [-0.25, -0.2) is 13.8 Å². The summed E-state index contributed by atoms with van der Waals surface area (Å²) in [7, 11) is 0. The minimum atomic E-state index is -4.87. The van der Waals surface area contributed by atoms with Crippen LogP contribution >= 0.6 is 0 Å². The lowest BCUT2D eigenvalue weighted by Crippen LogP contribution is -2.52. The number of nitrogens with two attached hydrogens (primary N) is 1. The number of piperazine rings is 1. The molecule has 2 N–H and O–H groups in total. The molecule has 3 heterocycles. The van der Waals surface area contributed by atoms with Crippen molar-refractivity contribution in [3.8, 4) is 0 Å². The molecule has 0 saturated carbocycles. The molecule has 6 rings (SSSR count). The Hall–Kier alpha value is -5.08. The molecule has 1 unspecified atom stereocenters. The molecule has 1 saturated heterocycles. The zero-order chi connectivity index (χ0) is 34.7. The third-order valence-corrected chi connectivity index (χ3v) is 9.07. The van der Waals surface area contributed by atoms with Crippen LogP contribution in [0.3, 0.4) is 0 Å². The lowest BCUT2D eigenvalue weighted by atomic mass is 10.0. The maximum Gasteiger partial charge on any atom is 0.416 e. The fourth-order valence-corrected chi connectivity index (χ4v) is 6.48. The lowest BCUT2D eigenvalue weighted by Gasteiger charge is -2.40. The Labute approximate surface area is 279 Å². The van der Waals surface area contributed by atoms with Gasteiger partial charge < -0.3 is 10.6 Å². The second kappa shape index (κ2) is 14.2. The fraction of sp³-hybridized carbons (Fsp3) is 0.314. The Morgan fingerprint density at radius 3 is 2.20 bits per heavy atom. The van der Waals surface area contributed by atoms with E-state index in [1.54, 1.807) is 36.5 Å². The number of benzene rings is 3. The largest absolute Gasteiger partial charge is 0.416 e. The van der Waals surface area contributed by atoms with Gasteiger partial charge in [0.1, 0.15) is 17.2 Å². The highest BCUT2D eigenvalue weighted by atomic mass is 19.4. The summed E-state index contributed by atoms with van der Waals surface area (Å²) in [4.78, 5) is 32.1. The van der Waals surface area contributed by atoms with E-state index in [1.165, 1.54) is 6.92 Å². The number of hydrogen-bond donors (Lipinski definition) is 1. The molecule has 10 nitrogen and oxygen atoms in total. The second-order valence-corrected chi connectivity index (χ2v) is 12.1. The van der Waals surface area contributed by atoms with E-state index in [1.807, 2.05) is 35.2 Å². The number of rotatable bonds is 10. The van der Waals surface area contributed by atoms with Gasteiger partial charge in [0, 0.05) is 43.5 Å². The van der Waals surface area contributed by atoms with E-state index in [-0.39, 0.29) is 24.0 Å². The van der Waals surface area contributed by atoms with Gasteiger partial charge in [0.15, 0.2) is 0 Å². The van der Waals surface area contributed by atoms with Crippen molar-refractivity contribution in [1.29, 1.82) is 0 Å². The molecule has 49 heavy (non-hydrogen) atoms. The van der Waals surface area contributed by atoms with Crippen molar-refractivity contribution in [2.45, 2.75) is 44.7 Å². The number of alkyl halides is 3. The molecular weight excluding hydrogens is 642 g/mol. The molecule has 0 bridgehead atoms. The Kier molecular flexibility index (Phi) is 9.79. The molecule has 0 aliphatic carbocycles. The van der Waals surface area contributed by atoms with Crippen LogP contribution in [0.5, 0.6) is 0 Å². The topological polar surface area (TPSA) is 115 Å². The van der Waals surface area contributed by atoms with Crippen LogP contribution in [0.15, 0.2) is 99.3 Å². The molecule has 14 heteroatoms. The van der Waals surface area contributed by atoms with Gasteiger partial charge in [-0.3, -0.25) is 18.8 Å². The first kappa shape index (κ1) is 33.8. The van der Waals surface area contributed by atoms with Crippen molar-refractivity contribution in [2.75, 3.05) is 31.1 Å². The first-order valence-corrected chi connectivity index (χ1v) is 15.8. The number of anilines is 1. The third kappa shape index (κ3) is 7.20. The smallest absolute Gasteiger partial charge is 0.363 e. The van der Waals surface area contributed by atoms with E-state index < -0.39 is 47.0 Å². The van der Waals surface area contributed by atoms with Crippen LogP contribution in [0, 0.1) is 12.7 Å². The lowest BCUT2D eigenvalue weighted by molar-refractivity contribution is -0.138. The zero-order valence-electron chi connectivity index (χ0n) is 26.7. The Morgan fingerprint density at radius 1 is 0.898 bits per heavy atom. The van der Waals surface area contributed by atoms with Crippen molar-refractivity contribution in [3.63, 3.8) is 0 Å². The highest BCUT2D eigenvalue weighted by Crippen LogP contribution is 2.34. The molecule has 0 radical (unpaired) electrons. The molecule has 2 atom stereocenters. The second-order valence-electron chi connectivity index (χ2n) is 12.1. The fourth-order valence-electron chi connectivity index (χ4n) is 6.48. The molecule has 1 aliphatic heterocycles. The van der Waals surface area contributed by atoms with E-state index >= 15 is 4.39 Å². The minimum absolute atomic E-state index is 0.130. The number of halogens is 4. The molecule has 1 fully saturated rings. The number of hydrogen-bond acceptors (Lipinski definition) is 8. The van der Waals surface area contributed by atoms with Crippen molar-refractivity contribution in [2.24, 2.45) is 5.73 Å². The maximum absolute atomic E-state index is 15.1. The molecule has 1 aliphatic rings. The number of nitrogens with zero attached hydrogens (tertiary/aromatic N) is 6. The van der Waals surface area contributed by atoms with Crippen LogP contribution in [0.1, 0.15) is 45.7 Å². The van der Waals surface area contributed by atoms with E-state index in [2.05, 4.69) is 15.2 Å². The normalized spacial score (nSPS) is 15.3. The first-order valence-electron chi connectivity index (χ1n) is 15.8. The van der Waals surface area contributed by atoms with E-state index in [0.717, 1.165) is 32.9 Å². The summed E-state index contributed by atoms with van der Waals surface area (Å²) in [5, 5.41) is 7.89. The predicted octanol–water partition coefficient (Wildman–Crippen LogP) is 4.71. The van der Waals surface area contributed by atoms with Crippen LogP contribution in [0.25, 0.3) is 0 Å². The SMILES string of the molecule is Cc1c(N2CCN(C(Cc3ccccc3)c3cnon3)CC2)c(=O)n(C[C@@H](N)c2ccccc2)c(=O)n1Cc1c(F)cccc1C(F)(F)F. The van der Waals surface area contributed by atoms with Crippen LogP contribution in [-0.4, -0.2) is 50.5 Å². The highest BCUT2D eigenvalue weighted by Gasteiger charge is 2.36. The summed E-state index contributed by atoms with van der Waals surface area (Å²) in [5.41, 5.74) is 5.74. The van der Waals surface area contributed by atoms with Crippen LogP contribution < -0.4 is 21.9 Å². The Bertz CT molecular complexity index is 1990. The average molecular weight is 678 g/mol. The van der Waals surface area contributed by atoms with Crippen LogP contribution in [0.2, 0.25) is 0 Å². The molecule has 256 valence electrons. The molecular formula is C35H35F4N7O3. The molecule has 0 amide bonds. The molecule has 3 aromatic carbocycles. The minimum Gasteiger partial charge on any atom is -0.363 e. The summed E-state index contributed by atoms with van der Waals surface area (Å²) >= 11 is 0. The van der Waals surface area contributed by atoms with Crippen molar-refractivity contribution < 1.29 is 22.2 Å². The maximum atomic E-state index is 15.1. The molecule has 0 spiro atoms. The van der Waals surface area contributed by atoms with E-state index in [0.29, 0.717) is 43.9 Å². The van der Waals surface area contributed by atoms with Crippen molar-refractivity contribution >= 4 is 5.69 Å². The monoisotopic (exact) mass is 677 g/mol.